The lowest BCUT2D eigenvalue weighted by Gasteiger charge is -2.20. The van der Waals surface area contributed by atoms with Crippen LogP contribution in [0.25, 0.3) is 0 Å². The molecule has 0 aromatic carbocycles. The molecule has 0 aliphatic heterocycles. The van der Waals surface area contributed by atoms with E-state index in [4.69, 9.17) is 0 Å². The van der Waals surface area contributed by atoms with Gasteiger partial charge in [-0.05, 0) is 13.8 Å². The van der Waals surface area contributed by atoms with Crippen LogP contribution < -0.4 is 10.6 Å². The molecule has 0 fully saturated rings. The lowest BCUT2D eigenvalue weighted by Crippen LogP contribution is -2.47. The van der Waals surface area contributed by atoms with E-state index in [-0.39, 0.29) is 18.4 Å². The number of nitrogens with zero attached hydrogens (tertiary/aromatic N) is 1. The van der Waals surface area contributed by atoms with Gasteiger partial charge in [-0.3, -0.25) is 9.59 Å². The van der Waals surface area contributed by atoms with Gasteiger partial charge in [0.05, 0.1) is 6.54 Å². The summed E-state index contributed by atoms with van der Waals surface area (Å²) < 4.78 is 0. The summed E-state index contributed by atoms with van der Waals surface area (Å²) in [6.07, 6.45) is 1.67. The highest BCUT2D eigenvalue weighted by atomic mass is 16.2. The third-order valence-corrected chi connectivity index (χ3v) is 2.17. The summed E-state index contributed by atoms with van der Waals surface area (Å²) >= 11 is 0. The SMILES string of the molecule is C=CCNCC(=O)NC(C)C(=O)N(C)CC. The zero-order chi connectivity index (χ0) is 12.6. The highest BCUT2D eigenvalue weighted by Gasteiger charge is 2.17. The van der Waals surface area contributed by atoms with Crippen molar-refractivity contribution in [1.82, 2.24) is 15.5 Å². The lowest BCUT2D eigenvalue weighted by atomic mass is 10.3. The quantitative estimate of drug-likeness (QED) is 0.465. The largest absolute Gasteiger partial charge is 0.344 e. The standard InChI is InChI=1S/C11H21N3O2/c1-5-7-12-8-10(15)13-9(3)11(16)14(4)6-2/h5,9,12H,1,6-8H2,2-4H3,(H,13,15). The maximum Gasteiger partial charge on any atom is 0.244 e. The van der Waals surface area contributed by atoms with Crippen LogP contribution in [-0.4, -0.2) is 49.4 Å². The fourth-order valence-corrected chi connectivity index (χ4v) is 1.13. The number of rotatable bonds is 7. The van der Waals surface area contributed by atoms with Gasteiger partial charge < -0.3 is 15.5 Å². The predicted molar refractivity (Wildman–Crippen MR) is 64.0 cm³/mol. The molecule has 0 bridgehead atoms. The second-order valence-electron chi connectivity index (χ2n) is 3.56. The molecule has 0 aromatic rings. The summed E-state index contributed by atoms with van der Waals surface area (Å²) in [6, 6.07) is -0.483. The van der Waals surface area contributed by atoms with E-state index >= 15 is 0 Å². The van der Waals surface area contributed by atoms with Crippen molar-refractivity contribution in [3.63, 3.8) is 0 Å². The maximum atomic E-state index is 11.6. The number of carbonyl (C=O) groups is 2. The number of nitrogens with one attached hydrogen (secondary N) is 2. The average Bonchev–Trinajstić information content (AvgIpc) is 2.27. The Morgan fingerprint density at radius 1 is 1.50 bits per heavy atom. The zero-order valence-electron chi connectivity index (χ0n) is 10.2. The summed E-state index contributed by atoms with van der Waals surface area (Å²) in [5.74, 6) is -0.272. The van der Waals surface area contributed by atoms with Crippen LogP contribution in [0.4, 0.5) is 0 Å². The molecule has 0 aliphatic carbocycles. The molecule has 1 atom stereocenters. The Morgan fingerprint density at radius 2 is 2.12 bits per heavy atom. The molecule has 0 aromatic heterocycles. The minimum atomic E-state index is -0.483. The zero-order valence-corrected chi connectivity index (χ0v) is 10.2. The highest BCUT2D eigenvalue weighted by molar-refractivity contribution is 5.87. The van der Waals surface area contributed by atoms with Crippen LogP contribution in [0.1, 0.15) is 13.8 Å². The third-order valence-electron chi connectivity index (χ3n) is 2.17. The molecule has 0 saturated heterocycles. The molecule has 0 aliphatic rings. The van der Waals surface area contributed by atoms with Gasteiger partial charge in [-0.1, -0.05) is 6.08 Å². The first kappa shape index (κ1) is 14.6. The number of hydrogen-bond acceptors (Lipinski definition) is 3. The van der Waals surface area contributed by atoms with Crippen LogP contribution in [0.15, 0.2) is 12.7 Å². The third kappa shape index (κ3) is 5.50. The Hall–Kier alpha value is -1.36. The molecule has 0 spiro atoms. The maximum absolute atomic E-state index is 11.6. The molecular formula is C11H21N3O2. The van der Waals surface area contributed by atoms with Gasteiger partial charge in [-0.15, -0.1) is 6.58 Å². The van der Waals surface area contributed by atoms with Crippen molar-refractivity contribution in [2.24, 2.45) is 0 Å². The van der Waals surface area contributed by atoms with Crippen LogP contribution in [0.5, 0.6) is 0 Å². The molecular weight excluding hydrogens is 206 g/mol. The molecule has 5 heteroatoms. The van der Waals surface area contributed by atoms with Gasteiger partial charge in [0, 0.05) is 20.1 Å². The summed E-state index contributed by atoms with van der Waals surface area (Å²) in [5.41, 5.74) is 0. The topological polar surface area (TPSA) is 61.4 Å². The van der Waals surface area contributed by atoms with E-state index in [9.17, 15) is 9.59 Å². The first-order chi connectivity index (χ1) is 7.52. The van der Waals surface area contributed by atoms with Crippen molar-refractivity contribution < 1.29 is 9.59 Å². The second kappa shape index (κ2) is 7.87. The molecule has 0 rings (SSSR count). The first-order valence-electron chi connectivity index (χ1n) is 5.38. The Balaban J connectivity index is 3.94. The molecule has 5 nitrogen and oxygen atoms in total. The van der Waals surface area contributed by atoms with E-state index < -0.39 is 6.04 Å². The van der Waals surface area contributed by atoms with Crippen LogP contribution in [-0.2, 0) is 9.59 Å². The molecule has 0 heterocycles. The van der Waals surface area contributed by atoms with Crippen LogP contribution in [0.2, 0.25) is 0 Å². The van der Waals surface area contributed by atoms with Crippen molar-refractivity contribution in [2.45, 2.75) is 19.9 Å². The van der Waals surface area contributed by atoms with Gasteiger partial charge in [-0.25, -0.2) is 0 Å². The van der Waals surface area contributed by atoms with Gasteiger partial charge >= 0.3 is 0 Å². The molecule has 2 amide bonds. The summed E-state index contributed by atoms with van der Waals surface area (Å²) in [4.78, 5) is 24.6. The highest BCUT2D eigenvalue weighted by Crippen LogP contribution is 1.91. The van der Waals surface area contributed by atoms with Crippen molar-refractivity contribution in [3.05, 3.63) is 12.7 Å². The fraction of sp³-hybridized carbons (Fsp3) is 0.636. The second-order valence-corrected chi connectivity index (χ2v) is 3.56. The smallest absolute Gasteiger partial charge is 0.244 e. The van der Waals surface area contributed by atoms with Crippen molar-refractivity contribution in [1.29, 1.82) is 0 Å². The molecule has 0 radical (unpaired) electrons. The Bertz CT molecular complexity index is 254. The average molecular weight is 227 g/mol. The summed E-state index contributed by atoms with van der Waals surface area (Å²) in [7, 11) is 1.71. The van der Waals surface area contributed by atoms with E-state index in [0.29, 0.717) is 13.1 Å². The van der Waals surface area contributed by atoms with Crippen molar-refractivity contribution >= 4 is 11.8 Å². The van der Waals surface area contributed by atoms with Gasteiger partial charge in [0.1, 0.15) is 6.04 Å². The van der Waals surface area contributed by atoms with Gasteiger partial charge in [0.25, 0.3) is 0 Å². The van der Waals surface area contributed by atoms with Gasteiger partial charge in [0.15, 0.2) is 0 Å². The number of likely N-dealkylation sites (N-methyl/N-ethyl adjacent to an activating group) is 1. The Kier molecular flexibility index (Phi) is 7.20. The van der Waals surface area contributed by atoms with Crippen molar-refractivity contribution in [3.8, 4) is 0 Å². The van der Waals surface area contributed by atoms with E-state index in [1.54, 1.807) is 24.9 Å². The minimum Gasteiger partial charge on any atom is -0.344 e. The summed E-state index contributed by atoms with van der Waals surface area (Å²) in [5, 5.41) is 5.49. The van der Waals surface area contributed by atoms with E-state index in [1.165, 1.54) is 0 Å². The van der Waals surface area contributed by atoms with Crippen LogP contribution >= 0.6 is 0 Å². The Labute approximate surface area is 96.9 Å². The summed E-state index contributed by atoms with van der Waals surface area (Å²) in [6.45, 7) is 8.49. The molecule has 2 N–H and O–H groups in total. The van der Waals surface area contributed by atoms with E-state index in [0.717, 1.165) is 0 Å². The fourth-order valence-electron chi connectivity index (χ4n) is 1.13. The first-order valence-corrected chi connectivity index (χ1v) is 5.38. The molecule has 1 unspecified atom stereocenters. The van der Waals surface area contributed by atoms with Gasteiger partial charge in [0.2, 0.25) is 11.8 Å². The predicted octanol–water partition coefficient (Wildman–Crippen LogP) is -0.255. The monoisotopic (exact) mass is 227 g/mol. The minimum absolute atomic E-state index is 0.0837. The molecule has 92 valence electrons. The van der Waals surface area contributed by atoms with E-state index in [1.807, 2.05) is 6.92 Å². The normalized spacial score (nSPS) is 11.7. The number of hydrogen-bond donors (Lipinski definition) is 2. The van der Waals surface area contributed by atoms with E-state index in [2.05, 4.69) is 17.2 Å². The molecule has 0 saturated carbocycles. The molecule has 16 heavy (non-hydrogen) atoms. The van der Waals surface area contributed by atoms with Crippen LogP contribution in [0.3, 0.4) is 0 Å². The lowest BCUT2D eigenvalue weighted by molar-refractivity contribution is -0.134. The Morgan fingerprint density at radius 3 is 2.62 bits per heavy atom. The number of carbonyl (C=O) groups excluding carboxylic acids is 2. The van der Waals surface area contributed by atoms with Crippen LogP contribution in [0, 0.1) is 0 Å². The number of amides is 2. The van der Waals surface area contributed by atoms with Crippen molar-refractivity contribution in [2.75, 3.05) is 26.7 Å². The van der Waals surface area contributed by atoms with Gasteiger partial charge in [-0.2, -0.15) is 0 Å².